The van der Waals surface area contributed by atoms with Crippen LogP contribution in [-0.4, -0.2) is 72.3 Å². The standard InChI is InChI=1S/C20H31NO8.Rf/c1-19(2,3)15-16(20(4,5)6)18(26)21(17(15)25)7-13(23)29-10-14(24)28-8-11(22)12-9-27-12;/h12,15-17,25H,7-10H2,1-6H3;. The molecule has 0 aromatic rings. The van der Waals surface area contributed by atoms with E-state index in [0.717, 1.165) is 4.90 Å². The Morgan fingerprint density at radius 1 is 1.03 bits per heavy atom. The van der Waals surface area contributed by atoms with Gasteiger partial charge in [-0.05, 0) is 10.8 Å². The molecule has 0 aliphatic carbocycles. The van der Waals surface area contributed by atoms with Crippen LogP contribution in [0.3, 0.4) is 0 Å². The van der Waals surface area contributed by atoms with E-state index >= 15 is 0 Å². The molecule has 4 atom stereocenters. The third-order valence-corrected chi connectivity index (χ3v) is 5.20. The van der Waals surface area contributed by atoms with Gasteiger partial charge in [-0.25, -0.2) is 4.79 Å². The second-order valence-electron chi connectivity index (χ2n) is 9.72. The predicted octanol–water partition coefficient (Wildman–Crippen LogP) is 0.526. The molecular formula is C20H31NO8Rf. The summed E-state index contributed by atoms with van der Waals surface area (Å²) in [5, 5.41) is 10.8. The molecule has 1 N–H and O–H groups in total. The molecule has 0 aromatic carbocycles. The fourth-order valence-corrected chi connectivity index (χ4v) is 3.70. The molecule has 0 aromatic heterocycles. The molecule has 30 heavy (non-hydrogen) atoms. The van der Waals surface area contributed by atoms with E-state index in [9.17, 15) is 24.3 Å². The summed E-state index contributed by atoms with van der Waals surface area (Å²) in [4.78, 5) is 49.2. The van der Waals surface area contributed by atoms with Gasteiger partial charge in [0.1, 0.15) is 18.9 Å². The minimum absolute atomic E-state index is 0. The molecular weight excluding hydrogens is 649 g/mol. The maximum atomic E-state index is 13.0. The molecule has 1 amide bonds. The van der Waals surface area contributed by atoms with E-state index in [4.69, 9.17) is 14.2 Å². The van der Waals surface area contributed by atoms with Crippen LogP contribution in [0.2, 0.25) is 0 Å². The molecule has 2 rings (SSSR count). The van der Waals surface area contributed by atoms with Crippen LogP contribution in [0.4, 0.5) is 0 Å². The van der Waals surface area contributed by atoms with Crippen molar-refractivity contribution in [2.24, 2.45) is 22.7 Å². The molecule has 0 spiro atoms. The van der Waals surface area contributed by atoms with Crippen molar-refractivity contribution in [2.45, 2.75) is 53.9 Å². The van der Waals surface area contributed by atoms with Crippen molar-refractivity contribution in [2.75, 3.05) is 26.4 Å². The van der Waals surface area contributed by atoms with Crippen LogP contribution in [0.1, 0.15) is 41.5 Å². The fraction of sp³-hybridized carbons (Fsp3) is 0.800. The number of Topliss-reactive ketones (excluding diaryl/α,β-unsaturated/α-hetero) is 1. The summed E-state index contributed by atoms with van der Waals surface area (Å²) in [6, 6.07) is 0. The molecule has 2 fully saturated rings. The molecule has 9 nitrogen and oxygen atoms in total. The first-order chi connectivity index (χ1) is 13.2. The number of rotatable bonds is 7. The van der Waals surface area contributed by atoms with Gasteiger partial charge in [-0.15, -0.1) is 0 Å². The number of epoxide rings is 1. The Bertz CT molecular complexity index is 677. The third-order valence-electron chi connectivity index (χ3n) is 5.20. The van der Waals surface area contributed by atoms with Gasteiger partial charge in [0.25, 0.3) is 0 Å². The Hall–Kier alpha value is -3.00. The number of hydrogen-bond donors (Lipinski definition) is 1. The molecule has 0 bridgehead atoms. The quantitative estimate of drug-likeness (QED) is 0.306. The van der Waals surface area contributed by atoms with E-state index in [0.29, 0.717) is 6.61 Å². The average molecular weight is 680 g/mol. The fourth-order valence-electron chi connectivity index (χ4n) is 3.70. The second kappa shape index (κ2) is 8.79. The zero-order valence-corrected chi connectivity index (χ0v) is 25.0. The zero-order valence-electron chi connectivity index (χ0n) is 18.6. The minimum Gasteiger partial charge on any atom is -0.455 e. The maximum absolute atomic E-state index is 13.0. The third kappa shape index (κ3) is 5.76. The molecule has 10 heteroatoms. The van der Waals surface area contributed by atoms with Crippen molar-refractivity contribution in [3.05, 3.63) is 0 Å². The average Bonchev–Trinajstić information content (AvgIpc) is 3.38. The van der Waals surface area contributed by atoms with Gasteiger partial charge in [0, 0.05) is 5.92 Å². The molecule has 2 heterocycles. The SMILES string of the molecule is CC(C)(C)C1C(=O)N(CC(=O)OCC(=O)OCC(=O)C2CO2)C(O)C1C(C)(C)C.[Rf]. The molecule has 0 saturated carbocycles. The van der Waals surface area contributed by atoms with Crippen LogP contribution in [0.5, 0.6) is 0 Å². The Morgan fingerprint density at radius 2 is 1.57 bits per heavy atom. The number of hydrogen-bond acceptors (Lipinski definition) is 8. The molecule has 0 radical (unpaired) electrons. The Labute approximate surface area is 170 Å². The number of aliphatic hydroxyl groups excluding tert-OH is 1. The number of amides is 1. The van der Waals surface area contributed by atoms with Crippen LogP contribution in [0.25, 0.3) is 0 Å². The summed E-state index contributed by atoms with van der Waals surface area (Å²) in [7, 11) is 0. The van der Waals surface area contributed by atoms with Gasteiger partial charge >= 0.3 is 11.9 Å². The second-order valence-corrected chi connectivity index (χ2v) is 9.72. The van der Waals surface area contributed by atoms with E-state index in [1.165, 1.54) is 0 Å². The molecule has 2 aliphatic heterocycles. The van der Waals surface area contributed by atoms with Crippen molar-refractivity contribution in [1.29, 1.82) is 0 Å². The Balaban J connectivity index is 0.00000450. The van der Waals surface area contributed by atoms with Crippen molar-refractivity contribution >= 4 is 23.6 Å². The summed E-state index contributed by atoms with van der Waals surface area (Å²) in [6.45, 7) is 10.3. The van der Waals surface area contributed by atoms with Gasteiger partial charge in [0.2, 0.25) is 11.7 Å². The molecule has 2 saturated heterocycles. The van der Waals surface area contributed by atoms with E-state index in [1.807, 2.05) is 41.5 Å². The van der Waals surface area contributed by atoms with Gasteiger partial charge in [-0.3, -0.25) is 14.4 Å². The molecule has 4 unspecified atom stereocenters. The van der Waals surface area contributed by atoms with Crippen LogP contribution in [-0.2, 0) is 33.4 Å². The van der Waals surface area contributed by atoms with E-state index < -0.39 is 55.4 Å². The normalized spacial score (nSPS) is 26.1. The maximum Gasteiger partial charge on any atom is 0.344 e. The largest absolute Gasteiger partial charge is 0.455 e. The first kappa shape index (κ1) is 25.0. The number of likely N-dealkylation sites (tertiary alicyclic amines) is 1. The summed E-state index contributed by atoms with van der Waals surface area (Å²) in [5.74, 6) is -3.22. The predicted molar refractivity (Wildman–Crippen MR) is 100 cm³/mol. The molecule has 2 aliphatic rings. The smallest absolute Gasteiger partial charge is 0.344 e. The number of aliphatic hydroxyl groups is 1. The van der Waals surface area contributed by atoms with Gasteiger partial charge in [0.15, 0.2) is 13.2 Å². The van der Waals surface area contributed by atoms with Crippen LogP contribution in [0, 0.1) is 22.7 Å². The van der Waals surface area contributed by atoms with Gasteiger partial charge < -0.3 is 24.2 Å². The number of esters is 2. The van der Waals surface area contributed by atoms with Gasteiger partial charge in [-0.2, -0.15) is 0 Å². The minimum atomic E-state index is -1.14. The van der Waals surface area contributed by atoms with Crippen molar-refractivity contribution in [3.63, 3.8) is 0 Å². The summed E-state index contributed by atoms with van der Waals surface area (Å²) in [6.07, 6.45) is -1.65. The van der Waals surface area contributed by atoms with Gasteiger partial charge in [-0.1, -0.05) is 41.5 Å². The molecule has 166 valence electrons. The summed E-state index contributed by atoms with van der Waals surface area (Å²) >= 11 is 0. The topological polar surface area (TPSA) is 123 Å². The van der Waals surface area contributed by atoms with Crippen LogP contribution >= 0.6 is 0 Å². The number of carbonyl (C=O) groups is 4. The van der Waals surface area contributed by atoms with E-state index in [-0.39, 0.29) is 23.0 Å². The van der Waals surface area contributed by atoms with Crippen LogP contribution in [0.15, 0.2) is 0 Å². The first-order valence-electron chi connectivity index (χ1n) is 9.67. The first-order valence-corrected chi connectivity index (χ1v) is 9.67. The van der Waals surface area contributed by atoms with Crippen molar-refractivity contribution in [3.8, 4) is 0 Å². The monoisotopic (exact) mass is 680 g/mol. The number of carbonyl (C=O) groups excluding carboxylic acids is 4. The van der Waals surface area contributed by atoms with E-state index in [1.54, 1.807) is 0 Å². The summed E-state index contributed by atoms with van der Waals surface area (Å²) < 4.78 is 14.3. The Kier molecular flexibility index (Phi) is 7.33. The van der Waals surface area contributed by atoms with Gasteiger partial charge in [0.05, 0.1) is 12.5 Å². The zero-order chi connectivity index (χ0) is 22.1. The number of nitrogens with zero attached hydrogens (tertiary/aromatic N) is 1. The number of ether oxygens (including phenoxy) is 3. The van der Waals surface area contributed by atoms with Crippen molar-refractivity contribution in [1.82, 2.24) is 4.90 Å². The van der Waals surface area contributed by atoms with E-state index in [2.05, 4.69) is 0 Å². The summed E-state index contributed by atoms with van der Waals surface area (Å²) in [5.41, 5.74) is -0.774. The number of ketones is 1. The van der Waals surface area contributed by atoms with Crippen molar-refractivity contribution < 1.29 is 38.5 Å². The Morgan fingerprint density at radius 3 is 2.00 bits per heavy atom. The van der Waals surface area contributed by atoms with Crippen LogP contribution < -0.4 is 0 Å².